The number of benzene rings is 1. The van der Waals surface area contributed by atoms with Gasteiger partial charge in [-0.2, -0.15) is 0 Å². The van der Waals surface area contributed by atoms with E-state index in [2.05, 4.69) is 5.32 Å². The largest absolute Gasteiger partial charge is 0.482 e. The van der Waals surface area contributed by atoms with Crippen molar-refractivity contribution in [2.24, 2.45) is 5.92 Å². The van der Waals surface area contributed by atoms with Crippen LogP contribution in [0.25, 0.3) is 0 Å². The van der Waals surface area contributed by atoms with Crippen LogP contribution in [0.3, 0.4) is 0 Å². The first-order valence-corrected chi connectivity index (χ1v) is 7.53. The highest BCUT2D eigenvalue weighted by Gasteiger charge is 2.23. The molecule has 0 aliphatic carbocycles. The van der Waals surface area contributed by atoms with E-state index in [1.54, 1.807) is 6.07 Å². The molecule has 0 spiro atoms. The average molecular weight is 305 g/mol. The van der Waals surface area contributed by atoms with Crippen molar-refractivity contribution in [3.8, 4) is 5.75 Å². The second kappa shape index (κ2) is 6.38. The highest BCUT2D eigenvalue weighted by Crippen LogP contribution is 2.32. The van der Waals surface area contributed by atoms with Gasteiger partial charge in [-0.3, -0.25) is 4.79 Å². The summed E-state index contributed by atoms with van der Waals surface area (Å²) < 4.78 is 10.8. The van der Waals surface area contributed by atoms with Gasteiger partial charge in [-0.15, -0.1) is 0 Å². The number of hydrogen-bond donors (Lipinski definition) is 1. The topological polar surface area (TPSA) is 64.6 Å². The molecule has 0 saturated heterocycles. The first-order chi connectivity index (χ1) is 10.3. The van der Waals surface area contributed by atoms with E-state index in [-0.39, 0.29) is 18.4 Å². The summed E-state index contributed by atoms with van der Waals surface area (Å²) in [6.07, 6.45) is 1.49. The van der Waals surface area contributed by atoms with Gasteiger partial charge in [0.05, 0.1) is 0 Å². The first-order valence-electron chi connectivity index (χ1n) is 7.53. The molecule has 0 saturated carbocycles. The van der Waals surface area contributed by atoms with Gasteiger partial charge >= 0.3 is 5.97 Å². The van der Waals surface area contributed by atoms with Crippen molar-refractivity contribution in [1.82, 2.24) is 0 Å². The van der Waals surface area contributed by atoms with E-state index in [1.165, 1.54) is 0 Å². The normalized spacial score (nSPS) is 18.0. The van der Waals surface area contributed by atoms with Crippen molar-refractivity contribution in [3.63, 3.8) is 0 Å². The molecule has 22 heavy (non-hydrogen) atoms. The molecule has 1 aliphatic rings. The second-order valence-corrected chi connectivity index (χ2v) is 6.59. The third-order valence-electron chi connectivity index (χ3n) is 3.43. The molecule has 0 aromatic heterocycles. The Labute approximate surface area is 131 Å². The highest BCUT2D eigenvalue weighted by atomic mass is 16.6. The van der Waals surface area contributed by atoms with Gasteiger partial charge in [-0.1, -0.05) is 13.0 Å². The Morgan fingerprint density at radius 2 is 2.09 bits per heavy atom. The van der Waals surface area contributed by atoms with Crippen LogP contribution in [0, 0.1) is 5.92 Å². The Morgan fingerprint density at radius 3 is 2.77 bits per heavy atom. The van der Waals surface area contributed by atoms with E-state index in [9.17, 15) is 9.59 Å². The Balaban J connectivity index is 2.09. The summed E-state index contributed by atoms with van der Waals surface area (Å²) in [7, 11) is 0. The quantitative estimate of drug-likeness (QED) is 0.872. The van der Waals surface area contributed by atoms with Crippen LogP contribution < -0.4 is 10.1 Å². The molecule has 1 amide bonds. The minimum atomic E-state index is -0.530. The molecule has 1 unspecified atom stereocenters. The molecule has 1 aromatic rings. The van der Waals surface area contributed by atoms with Gasteiger partial charge in [0.1, 0.15) is 11.4 Å². The molecule has 120 valence electrons. The van der Waals surface area contributed by atoms with Crippen molar-refractivity contribution in [1.29, 1.82) is 0 Å². The Morgan fingerprint density at radius 1 is 1.36 bits per heavy atom. The van der Waals surface area contributed by atoms with Crippen LogP contribution in [0.2, 0.25) is 0 Å². The van der Waals surface area contributed by atoms with Gasteiger partial charge in [-0.25, -0.2) is 4.79 Å². The predicted molar refractivity (Wildman–Crippen MR) is 83.9 cm³/mol. The summed E-state index contributed by atoms with van der Waals surface area (Å²) >= 11 is 0. The number of carbonyl (C=O) groups is 2. The summed E-state index contributed by atoms with van der Waals surface area (Å²) in [5.74, 6) is 0.197. The monoisotopic (exact) mass is 305 g/mol. The van der Waals surface area contributed by atoms with Crippen LogP contribution in [0.1, 0.15) is 39.7 Å². The van der Waals surface area contributed by atoms with Crippen LogP contribution in [0.4, 0.5) is 5.69 Å². The number of ether oxygens (including phenoxy) is 2. The van der Waals surface area contributed by atoms with Crippen LogP contribution in [0.15, 0.2) is 18.2 Å². The molecule has 0 bridgehead atoms. The van der Waals surface area contributed by atoms with Crippen molar-refractivity contribution in [2.75, 3.05) is 11.9 Å². The number of fused-ring (bicyclic) bond motifs is 1. The molecule has 1 atom stereocenters. The Kier molecular flexibility index (Phi) is 4.74. The fraction of sp³-hybridized carbons (Fsp3) is 0.529. The third-order valence-corrected chi connectivity index (χ3v) is 3.43. The smallest absolute Gasteiger partial charge is 0.344 e. The third kappa shape index (κ3) is 4.23. The van der Waals surface area contributed by atoms with Crippen LogP contribution in [-0.4, -0.2) is 24.1 Å². The standard InChI is InChI=1S/C17H23NO4/c1-11-8-9-12-13(18-16(11)20)6-5-7-14(12)21-10-15(19)22-17(2,3)4/h5-7,11H,8-10H2,1-4H3,(H,18,20). The zero-order chi connectivity index (χ0) is 16.3. The molecule has 1 aliphatic heterocycles. The molecular formula is C17H23NO4. The predicted octanol–water partition coefficient (Wildman–Crippen LogP) is 2.93. The Hall–Kier alpha value is -2.04. The number of esters is 1. The van der Waals surface area contributed by atoms with E-state index >= 15 is 0 Å². The molecule has 1 aromatic carbocycles. The van der Waals surface area contributed by atoms with Crippen LogP contribution in [-0.2, 0) is 20.7 Å². The van der Waals surface area contributed by atoms with E-state index in [4.69, 9.17) is 9.47 Å². The lowest BCUT2D eigenvalue weighted by atomic mass is 10.0. The van der Waals surface area contributed by atoms with Gasteiger partial charge in [0, 0.05) is 17.2 Å². The van der Waals surface area contributed by atoms with Crippen molar-refractivity contribution in [2.45, 2.75) is 46.1 Å². The maximum atomic E-state index is 11.9. The molecule has 0 fully saturated rings. The number of rotatable bonds is 3. The van der Waals surface area contributed by atoms with E-state index in [0.717, 1.165) is 24.1 Å². The summed E-state index contributed by atoms with van der Waals surface area (Å²) in [6.45, 7) is 7.21. The molecule has 5 heteroatoms. The van der Waals surface area contributed by atoms with Gasteiger partial charge in [-0.05, 0) is 45.7 Å². The number of hydrogen-bond acceptors (Lipinski definition) is 4. The maximum absolute atomic E-state index is 11.9. The minimum Gasteiger partial charge on any atom is -0.482 e. The summed E-state index contributed by atoms with van der Waals surface area (Å²) in [4.78, 5) is 23.6. The first kappa shape index (κ1) is 16.3. The fourth-order valence-electron chi connectivity index (χ4n) is 2.33. The van der Waals surface area contributed by atoms with Crippen molar-refractivity contribution >= 4 is 17.6 Å². The van der Waals surface area contributed by atoms with E-state index < -0.39 is 11.6 Å². The molecule has 5 nitrogen and oxygen atoms in total. The van der Waals surface area contributed by atoms with Gasteiger partial charge in [0.2, 0.25) is 5.91 Å². The fourth-order valence-corrected chi connectivity index (χ4v) is 2.33. The Bertz CT molecular complexity index is 575. The van der Waals surface area contributed by atoms with Crippen LogP contribution >= 0.6 is 0 Å². The van der Waals surface area contributed by atoms with Crippen molar-refractivity contribution in [3.05, 3.63) is 23.8 Å². The lowest BCUT2D eigenvalue weighted by Gasteiger charge is -2.20. The number of nitrogens with one attached hydrogen (secondary N) is 1. The van der Waals surface area contributed by atoms with Crippen LogP contribution in [0.5, 0.6) is 5.75 Å². The molecule has 2 rings (SSSR count). The lowest BCUT2D eigenvalue weighted by molar-refractivity contribution is -0.157. The lowest BCUT2D eigenvalue weighted by Crippen LogP contribution is -2.27. The van der Waals surface area contributed by atoms with E-state index in [1.807, 2.05) is 39.8 Å². The maximum Gasteiger partial charge on any atom is 0.344 e. The molecule has 1 N–H and O–H groups in total. The number of anilines is 1. The van der Waals surface area contributed by atoms with Gasteiger partial charge < -0.3 is 14.8 Å². The number of amides is 1. The zero-order valence-electron chi connectivity index (χ0n) is 13.6. The number of carbonyl (C=O) groups excluding carboxylic acids is 2. The van der Waals surface area contributed by atoms with Gasteiger partial charge in [0.25, 0.3) is 0 Å². The molecular weight excluding hydrogens is 282 g/mol. The summed E-state index contributed by atoms with van der Waals surface area (Å²) in [5, 5.41) is 2.90. The van der Waals surface area contributed by atoms with Gasteiger partial charge in [0.15, 0.2) is 6.61 Å². The highest BCUT2D eigenvalue weighted by molar-refractivity contribution is 5.94. The summed E-state index contributed by atoms with van der Waals surface area (Å²) in [6, 6.07) is 5.47. The van der Waals surface area contributed by atoms with E-state index in [0.29, 0.717) is 5.75 Å². The SMILES string of the molecule is CC1CCc2c(cccc2OCC(=O)OC(C)(C)C)NC1=O. The van der Waals surface area contributed by atoms with Crippen molar-refractivity contribution < 1.29 is 19.1 Å². The second-order valence-electron chi connectivity index (χ2n) is 6.59. The zero-order valence-corrected chi connectivity index (χ0v) is 13.6. The summed E-state index contributed by atoms with van der Waals surface area (Å²) in [5.41, 5.74) is 1.16. The molecule has 0 radical (unpaired) electrons. The molecule has 1 heterocycles. The minimum absolute atomic E-state index is 0.0167. The average Bonchev–Trinajstić information content (AvgIpc) is 2.55.